The van der Waals surface area contributed by atoms with Crippen molar-refractivity contribution in [2.75, 3.05) is 26.2 Å². The minimum Gasteiger partial charge on any atom is -0.342 e. The molecule has 1 heterocycles. The van der Waals surface area contributed by atoms with Gasteiger partial charge in [-0.1, -0.05) is 30.3 Å². The monoisotopic (exact) mass is 257 g/mol. The second-order valence-electron chi connectivity index (χ2n) is 4.81. The van der Waals surface area contributed by atoms with Gasteiger partial charge in [-0.3, -0.25) is 4.79 Å². The van der Waals surface area contributed by atoms with Crippen LogP contribution in [0.4, 0.5) is 0 Å². The fraction of sp³-hybridized carbons (Fsp3) is 0.467. The van der Waals surface area contributed by atoms with Crippen molar-refractivity contribution in [1.82, 2.24) is 10.2 Å². The van der Waals surface area contributed by atoms with Crippen LogP contribution < -0.4 is 5.32 Å². The Morgan fingerprint density at radius 2 is 2.00 bits per heavy atom. The molecule has 100 valence electrons. The van der Waals surface area contributed by atoms with Crippen LogP contribution >= 0.6 is 0 Å². The zero-order valence-corrected chi connectivity index (χ0v) is 11.0. The lowest BCUT2D eigenvalue weighted by Gasteiger charge is -2.16. The number of hydrogen-bond donors (Lipinski definition) is 1. The second-order valence-corrected chi connectivity index (χ2v) is 4.81. The van der Waals surface area contributed by atoms with Crippen LogP contribution in [0.5, 0.6) is 0 Å². The molecule has 2 rings (SSSR count). The fourth-order valence-corrected chi connectivity index (χ4v) is 2.33. The summed E-state index contributed by atoms with van der Waals surface area (Å²) in [6.07, 6.45) is 2.22. The summed E-state index contributed by atoms with van der Waals surface area (Å²) in [6, 6.07) is 11.9. The summed E-state index contributed by atoms with van der Waals surface area (Å²) in [4.78, 5) is 13.7. The van der Waals surface area contributed by atoms with E-state index < -0.39 is 0 Å². The van der Waals surface area contributed by atoms with Gasteiger partial charge in [0.2, 0.25) is 5.91 Å². The molecule has 1 unspecified atom stereocenters. The van der Waals surface area contributed by atoms with Gasteiger partial charge in [0.15, 0.2) is 0 Å². The molecule has 1 N–H and O–H groups in total. The molecule has 1 aliphatic heterocycles. The Morgan fingerprint density at radius 3 is 2.63 bits per heavy atom. The molecule has 0 saturated carbocycles. The van der Waals surface area contributed by atoms with Crippen LogP contribution in [-0.2, 0) is 4.79 Å². The zero-order valence-electron chi connectivity index (χ0n) is 11.0. The lowest BCUT2D eigenvalue weighted by molar-refractivity contribution is -0.129. The molecule has 19 heavy (non-hydrogen) atoms. The minimum absolute atomic E-state index is 0.141. The predicted molar refractivity (Wildman–Crippen MR) is 73.5 cm³/mol. The maximum atomic E-state index is 11.8. The first-order valence-electron chi connectivity index (χ1n) is 6.74. The maximum absolute atomic E-state index is 11.8. The van der Waals surface area contributed by atoms with E-state index in [1.54, 1.807) is 0 Å². The van der Waals surface area contributed by atoms with E-state index in [1.807, 2.05) is 35.2 Å². The quantitative estimate of drug-likeness (QED) is 0.869. The molecule has 0 aliphatic carbocycles. The van der Waals surface area contributed by atoms with Crippen LogP contribution in [0.25, 0.3) is 0 Å². The highest BCUT2D eigenvalue weighted by Gasteiger charge is 2.18. The van der Waals surface area contributed by atoms with Crippen molar-refractivity contribution in [3.63, 3.8) is 0 Å². The van der Waals surface area contributed by atoms with Crippen molar-refractivity contribution in [1.29, 1.82) is 5.26 Å². The Morgan fingerprint density at radius 1 is 1.32 bits per heavy atom. The van der Waals surface area contributed by atoms with E-state index in [-0.39, 0.29) is 11.8 Å². The van der Waals surface area contributed by atoms with E-state index in [0.29, 0.717) is 13.1 Å². The van der Waals surface area contributed by atoms with Gasteiger partial charge in [0.1, 0.15) is 0 Å². The summed E-state index contributed by atoms with van der Waals surface area (Å²) in [5.74, 6) is -0.0603. The molecule has 1 aromatic carbocycles. The first-order valence-corrected chi connectivity index (χ1v) is 6.74. The summed E-state index contributed by atoms with van der Waals surface area (Å²) in [5.41, 5.74) is 0.992. The van der Waals surface area contributed by atoms with Crippen LogP contribution in [0, 0.1) is 11.3 Å². The lowest BCUT2D eigenvalue weighted by Crippen LogP contribution is -2.37. The van der Waals surface area contributed by atoms with Gasteiger partial charge in [0.25, 0.3) is 0 Å². The van der Waals surface area contributed by atoms with Crippen molar-refractivity contribution in [2.45, 2.75) is 18.8 Å². The molecule has 4 nitrogen and oxygen atoms in total. The number of carbonyl (C=O) groups is 1. The SMILES string of the molecule is N#CC(CNCC(=O)N1CCCC1)c1ccccc1. The van der Waals surface area contributed by atoms with Crippen LogP contribution in [0.2, 0.25) is 0 Å². The van der Waals surface area contributed by atoms with Crippen molar-refractivity contribution in [2.24, 2.45) is 0 Å². The molecule has 1 aliphatic rings. The minimum atomic E-state index is -0.201. The molecule has 1 fully saturated rings. The number of nitriles is 1. The number of nitrogens with one attached hydrogen (secondary N) is 1. The van der Waals surface area contributed by atoms with Crippen molar-refractivity contribution in [3.05, 3.63) is 35.9 Å². The topological polar surface area (TPSA) is 56.1 Å². The second kappa shape index (κ2) is 6.91. The third-order valence-corrected chi connectivity index (χ3v) is 3.44. The molecular formula is C15H19N3O. The highest BCUT2D eigenvalue weighted by molar-refractivity contribution is 5.78. The Hall–Kier alpha value is -1.86. The van der Waals surface area contributed by atoms with E-state index in [0.717, 1.165) is 31.5 Å². The van der Waals surface area contributed by atoms with E-state index >= 15 is 0 Å². The van der Waals surface area contributed by atoms with Crippen LogP contribution in [0.1, 0.15) is 24.3 Å². The number of amides is 1. The van der Waals surface area contributed by atoms with Crippen molar-refractivity contribution < 1.29 is 4.79 Å². The molecule has 0 aromatic heterocycles. The molecule has 1 atom stereocenters. The largest absolute Gasteiger partial charge is 0.342 e. The molecule has 0 spiro atoms. The van der Waals surface area contributed by atoms with Gasteiger partial charge in [0.05, 0.1) is 18.5 Å². The number of hydrogen-bond acceptors (Lipinski definition) is 3. The molecule has 0 bridgehead atoms. The van der Waals surface area contributed by atoms with Gasteiger partial charge in [-0.25, -0.2) is 0 Å². The van der Waals surface area contributed by atoms with Crippen molar-refractivity contribution >= 4 is 5.91 Å². The van der Waals surface area contributed by atoms with Gasteiger partial charge in [-0.05, 0) is 18.4 Å². The number of nitrogens with zero attached hydrogens (tertiary/aromatic N) is 2. The molecular weight excluding hydrogens is 238 g/mol. The van der Waals surface area contributed by atoms with Gasteiger partial charge >= 0.3 is 0 Å². The zero-order chi connectivity index (χ0) is 13.5. The van der Waals surface area contributed by atoms with E-state index in [1.165, 1.54) is 0 Å². The third-order valence-electron chi connectivity index (χ3n) is 3.44. The Labute approximate surface area is 114 Å². The Bertz CT molecular complexity index is 446. The Balaban J connectivity index is 1.78. The van der Waals surface area contributed by atoms with E-state index in [4.69, 9.17) is 0 Å². The molecule has 1 amide bonds. The average Bonchev–Trinajstić information content (AvgIpc) is 2.98. The van der Waals surface area contributed by atoms with E-state index in [9.17, 15) is 10.1 Å². The number of likely N-dealkylation sites (tertiary alicyclic amines) is 1. The first kappa shape index (κ1) is 13.6. The van der Waals surface area contributed by atoms with Gasteiger partial charge in [-0.15, -0.1) is 0 Å². The summed E-state index contributed by atoms with van der Waals surface area (Å²) >= 11 is 0. The highest BCUT2D eigenvalue weighted by Crippen LogP contribution is 2.13. The van der Waals surface area contributed by atoms with E-state index in [2.05, 4.69) is 11.4 Å². The van der Waals surface area contributed by atoms with Crippen LogP contribution in [-0.4, -0.2) is 37.0 Å². The number of benzene rings is 1. The van der Waals surface area contributed by atoms with Gasteiger partial charge in [0, 0.05) is 19.6 Å². The first-order chi connectivity index (χ1) is 9.31. The molecule has 1 saturated heterocycles. The van der Waals surface area contributed by atoms with Crippen LogP contribution in [0.15, 0.2) is 30.3 Å². The average molecular weight is 257 g/mol. The molecule has 0 radical (unpaired) electrons. The molecule has 4 heteroatoms. The van der Waals surface area contributed by atoms with Crippen molar-refractivity contribution in [3.8, 4) is 6.07 Å². The van der Waals surface area contributed by atoms with Crippen LogP contribution in [0.3, 0.4) is 0 Å². The van der Waals surface area contributed by atoms with Gasteiger partial charge < -0.3 is 10.2 Å². The third kappa shape index (κ3) is 3.80. The lowest BCUT2D eigenvalue weighted by atomic mass is 10.0. The Kier molecular flexibility index (Phi) is 4.93. The standard InChI is InChI=1S/C15H19N3O/c16-10-14(13-6-2-1-3-7-13)11-17-12-15(19)18-8-4-5-9-18/h1-3,6-7,14,17H,4-5,8-9,11-12H2. The fourth-order valence-electron chi connectivity index (χ4n) is 2.33. The normalized spacial score (nSPS) is 16.1. The summed E-state index contributed by atoms with van der Waals surface area (Å²) in [7, 11) is 0. The maximum Gasteiger partial charge on any atom is 0.236 e. The molecule has 1 aromatic rings. The summed E-state index contributed by atoms with van der Waals surface area (Å²) < 4.78 is 0. The predicted octanol–water partition coefficient (Wildman–Crippen LogP) is 1.51. The number of rotatable bonds is 5. The van der Waals surface area contributed by atoms with Gasteiger partial charge in [-0.2, -0.15) is 5.26 Å². The highest BCUT2D eigenvalue weighted by atomic mass is 16.2. The summed E-state index contributed by atoms with van der Waals surface area (Å²) in [5, 5.41) is 12.3. The smallest absolute Gasteiger partial charge is 0.236 e. The summed E-state index contributed by atoms with van der Waals surface area (Å²) in [6.45, 7) is 2.59. The number of carbonyl (C=O) groups excluding carboxylic acids is 1.